The van der Waals surface area contributed by atoms with Crippen molar-refractivity contribution in [1.82, 2.24) is 9.27 Å². The molecule has 3 rings (SSSR count). The van der Waals surface area contributed by atoms with Crippen LogP contribution in [0.5, 0.6) is 11.5 Å². The second-order valence-electron chi connectivity index (χ2n) is 6.07. The molecule has 1 aromatic heterocycles. The van der Waals surface area contributed by atoms with Gasteiger partial charge in [-0.15, -0.1) is 0 Å². The molecule has 0 bridgehead atoms. The van der Waals surface area contributed by atoms with E-state index < -0.39 is 0 Å². The highest BCUT2D eigenvalue weighted by Gasteiger charge is 2.25. The summed E-state index contributed by atoms with van der Waals surface area (Å²) in [5.41, 5.74) is 0.950. The highest BCUT2D eigenvalue weighted by molar-refractivity contribution is 7.10. The Kier molecular flexibility index (Phi) is 6.04. The summed E-state index contributed by atoms with van der Waals surface area (Å²) >= 11 is 7.09. The largest absolute Gasteiger partial charge is 0.493 e. The molecule has 0 atom stereocenters. The summed E-state index contributed by atoms with van der Waals surface area (Å²) in [7, 11) is 3.11. The molecule has 1 N–H and O–H groups in total. The van der Waals surface area contributed by atoms with Crippen LogP contribution in [0, 0.1) is 11.3 Å². The number of rotatable bonds is 5. The van der Waals surface area contributed by atoms with Crippen molar-refractivity contribution < 1.29 is 14.3 Å². The van der Waals surface area contributed by atoms with Crippen molar-refractivity contribution in [1.29, 1.82) is 5.26 Å². The number of nitrogens with zero attached hydrogens (tertiary/aromatic N) is 3. The fourth-order valence-electron chi connectivity index (χ4n) is 3.03. The quantitative estimate of drug-likeness (QED) is 0.818. The van der Waals surface area contributed by atoms with Crippen LogP contribution in [0.2, 0.25) is 5.15 Å². The number of hydrogen-bond acceptors (Lipinski definition) is 7. The number of hydrogen-bond donors (Lipinski definition) is 1. The summed E-state index contributed by atoms with van der Waals surface area (Å²) in [5, 5.41) is 13.4. The Hall–Kier alpha value is -2.50. The molecular formula is C18H19ClN4O3S. The van der Waals surface area contributed by atoms with Crippen molar-refractivity contribution in [3.63, 3.8) is 0 Å². The van der Waals surface area contributed by atoms with E-state index in [4.69, 9.17) is 26.3 Å². The minimum atomic E-state index is -0.0343. The number of ether oxygens (including phenoxy) is 2. The minimum absolute atomic E-state index is 0.0343. The molecule has 1 aromatic carbocycles. The van der Waals surface area contributed by atoms with E-state index in [2.05, 4.69) is 15.8 Å². The van der Waals surface area contributed by atoms with Crippen molar-refractivity contribution in [3.8, 4) is 17.6 Å². The third kappa shape index (κ3) is 4.10. The Bertz CT molecular complexity index is 872. The van der Waals surface area contributed by atoms with E-state index >= 15 is 0 Å². The molecule has 0 radical (unpaired) electrons. The van der Waals surface area contributed by atoms with E-state index in [1.165, 1.54) is 11.5 Å². The van der Waals surface area contributed by atoms with Crippen LogP contribution in [0.15, 0.2) is 18.2 Å². The second-order valence-corrected chi connectivity index (χ2v) is 7.20. The summed E-state index contributed by atoms with van der Waals surface area (Å²) in [4.78, 5) is 14.6. The molecule has 27 heavy (non-hydrogen) atoms. The first-order valence-electron chi connectivity index (χ1n) is 8.40. The van der Waals surface area contributed by atoms with Gasteiger partial charge in [0.2, 0.25) is 0 Å². The predicted molar refractivity (Wildman–Crippen MR) is 104 cm³/mol. The van der Waals surface area contributed by atoms with E-state index in [0.29, 0.717) is 40.7 Å². The number of aromatic nitrogens is 1. The van der Waals surface area contributed by atoms with Crippen LogP contribution in [0.25, 0.3) is 0 Å². The number of benzene rings is 1. The molecule has 0 aliphatic carbocycles. The lowest BCUT2D eigenvalue weighted by molar-refractivity contribution is 0.0718. The van der Waals surface area contributed by atoms with E-state index in [-0.39, 0.29) is 17.1 Å². The Balaban J connectivity index is 1.62. The Morgan fingerprint density at radius 2 is 2.04 bits per heavy atom. The third-order valence-electron chi connectivity index (χ3n) is 4.51. The molecule has 0 unspecified atom stereocenters. The fourth-order valence-corrected chi connectivity index (χ4v) is 4.04. The average Bonchev–Trinajstić information content (AvgIpc) is 3.06. The molecule has 1 saturated heterocycles. The number of methoxy groups -OCH3 is 2. The van der Waals surface area contributed by atoms with Crippen LogP contribution < -0.4 is 14.8 Å². The van der Waals surface area contributed by atoms with Crippen LogP contribution in [0.3, 0.4) is 0 Å². The summed E-state index contributed by atoms with van der Waals surface area (Å²) < 4.78 is 14.5. The monoisotopic (exact) mass is 406 g/mol. The number of anilines is 1. The van der Waals surface area contributed by atoms with E-state index in [1.54, 1.807) is 32.4 Å². The zero-order chi connectivity index (χ0) is 19.4. The minimum Gasteiger partial charge on any atom is -0.493 e. The maximum absolute atomic E-state index is 12.8. The van der Waals surface area contributed by atoms with Gasteiger partial charge in [-0.05, 0) is 42.6 Å². The lowest BCUT2D eigenvalue weighted by atomic mass is 10.0. The summed E-state index contributed by atoms with van der Waals surface area (Å²) in [5.74, 6) is 1.09. The van der Waals surface area contributed by atoms with Crippen molar-refractivity contribution in [2.75, 3.05) is 32.6 Å². The molecule has 1 aliphatic heterocycles. The molecule has 1 aliphatic rings. The van der Waals surface area contributed by atoms with Crippen molar-refractivity contribution in [2.45, 2.75) is 18.9 Å². The van der Waals surface area contributed by atoms with Crippen molar-refractivity contribution in [3.05, 3.63) is 34.5 Å². The number of piperidine rings is 1. The molecule has 2 heterocycles. The number of carbonyl (C=O) groups excluding carboxylic acids is 1. The second kappa shape index (κ2) is 8.46. The van der Waals surface area contributed by atoms with Crippen LogP contribution in [0.1, 0.15) is 28.8 Å². The highest BCUT2D eigenvalue weighted by Crippen LogP contribution is 2.31. The highest BCUT2D eigenvalue weighted by atomic mass is 35.5. The maximum atomic E-state index is 12.8. The SMILES string of the molecule is COc1ccc(C(=O)N2CCC(Nc3snc(Cl)c3C#N)CC2)cc1OC. The van der Waals surface area contributed by atoms with Gasteiger partial charge in [-0.25, -0.2) is 0 Å². The molecule has 9 heteroatoms. The van der Waals surface area contributed by atoms with Gasteiger partial charge in [-0.1, -0.05) is 11.6 Å². The number of amides is 1. The van der Waals surface area contributed by atoms with Gasteiger partial charge < -0.3 is 19.7 Å². The standard InChI is InChI=1S/C18H19ClN4O3S/c1-25-14-4-3-11(9-15(14)26-2)18(24)23-7-5-12(6-8-23)21-17-13(10-20)16(19)22-27-17/h3-4,9,12,21H,5-8H2,1-2H3. The first-order valence-corrected chi connectivity index (χ1v) is 9.55. The lowest BCUT2D eigenvalue weighted by Gasteiger charge is -2.32. The average molecular weight is 407 g/mol. The van der Waals surface area contributed by atoms with Gasteiger partial charge >= 0.3 is 0 Å². The molecule has 1 amide bonds. The zero-order valence-corrected chi connectivity index (χ0v) is 16.6. The van der Waals surface area contributed by atoms with Crippen LogP contribution in [-0.2, 0) is 0 Å². The third-order valence-corrected chi connectivity index (χ3v) is 5.66. The molecule has 2 aromatic rings. The number of likely N-dealkylation sites (tertiary alicyclic amines) is 1. The van der Waals surface area contributed by atoms with Gasteiger partial charge in [-0.2, -0.15) is 9.64 Å². The first kappa shape index (κ1) is 19.3. The normalized spacial score (nSPS) is 14.5. The van der Waals surface area contributed by atoms with Crippen LogP contribution >= 0.6 is 23.1 Å². The zero-order valence-electron chi connectivity index (χ0n) is 15.0. The number of carbonyl (C=O) groups is 1. The van der Waals surface area contributed by atoms with E-state index in [1.807, 2.05) is 4.90 Å². The molecule has 142 valence electrons. The molecule has 7 nitrogen and oxygen atoms in total. The first-order chi connectivity index (χ1) is 13.1. The number of halogens is 1. The molecular weight excluding hydrogens is 388 g/mol. The van der Waals surface area contributed by atoms with Gasteiger partial charge in [0.1, 0.15) is 16.6 Å². The van der Waals surface area contributed by atoms with Crippen molar-refractivity contribution >= 4 is 34.0 Å². The van der Waals surface area contributed by atoms with Crippen molar-refractivity contribution in [2.24, 2.45) is 0 Å². The molecule has 0 spiro atoms. The fraction of sp³-hybridized carbons (Fsp3) is 0.389. The topological polar surface area (TPSA) is 87.5 Å². The maximum Gasteiger partial charge on any atom is 0.253 e. The van der Waals surface area contributed by atoms with E-state index in [9.17, 15) is 4.79 Å². The Morgan fingerprint density at radius 1 is 1.33 bits per heavy atom. The summed E-state index contributed by atoms with van der Waals surface area (Å²) in [6.45, 7) is 1.25. The number of nitriles is 1. The smallest absolute Gasteiger partial charge is 0.253 e. The number of nitrogens with one attached hydrogen (secondary N) is 1. The van der Waals surface area contributed by atoms with Gasteiger partial charge in [0, 0.05) is 24.7 Å². The predicted octanol–water partition coefficient (Wildman–Crippen LogP) is 3.40. The lowest BCUT2D eigenvalue weighted by Crippen LogP contribution is -2.42. The van der Waals surface area contributed by atoms with Gasteiger partial charge in [0.25, 0.3) is 5.91 Å². The van der Waals surface area contributed by atoms with Gasteiger partial charge in [0.15, 0.2) is 16.7 Å². The van der Waals surface area contributed by atoms with Crippen LogP contribution in [0.4, 0.5) is 5.00 Å². The Labute approximate surface area is 166 Å². The summed E-state index contributed by atoms with van der Waals surface area (Å²) in [6.07, 6.45) is 1.55. The Morgan fingerprint density at radius 3 is 2.67 bits per heavy atom. The van der Waals surface area contributed by atoms with Gasteiger partial charge in [-0.3, -0.25) is 4.79 Å². The van der Waals surface area contributed by atoms with Gasteiger partial charge in [0.05, 0.1) is 14.2 Å². The summed E-state index contributed by atoms with van der Waals surface area (Å²) in [6, 6.07) is 7.41. The molecule has 0 saturated carbocycles. The van der Waals surface area contributed by atoms with E-state index in [0.717, 1.165) is 12.8 Å². The molecule has 1 fully saturated rings. The van der Waals surface area contributed by atoms with Crippen LogP contribution in [-0.4, -0.2) is 48.5 Å².